The van der Waals surface area contributed by atoms with E-state index in [0.717, 1.165) is 0 Å². The van der Waals surface area contributed by atoms with Gasteiger partial charge in [-0.1, -0.05) is 42.5 Å². The average molecular weight is 288 g/mol. The Morgan fingerprint density at radius 2 is 1.71 bits per heavy atom. The molecule has 21 heavy (non-hydrogen) atoms. The van der Waals surface area contributed by atoms with E-state index in [1.165, 1.54) is 6.07 Å². The third kappa shape index (κ3) is 2.66. The van der Waals surface area contributed by atoms with E-state index >= 15 is 0 Å². The lowest BCUT2D eigenvalue weighted by Gasteiger charge is -2.30. The van der Waals surface area contributed by atoms with Crippen molar-refractivity contribution in [2.24, 2.45) is 0 Å². The van der Waals surface area contributed by atoms with Gasteiger partial charge in [0, 0.05) is 17.9 Å². The molecule has 0 aromatic heterocycles. The molecule has 0 amide bonds. The van der Waals surface area contributed by atoms with Crippen molar-refractivity contribution < 1.29 is 18.3 Å². The summed E-state index contributed by atoms with van der Waals surface area (Å²) in [6.07, 6.45) is -0.504. The van der Waals surface area contributed by atoms with Crippen molar-refractivity contribution in [1.82, 2.24) is 0 Å². The van der Waals surface area contributed by atoms with Crippen LogP contribution in [0.25, 0.3) is 0 Å². The van der Waals surface area contributed by atoms with Crippen LogP contribution >= 0.6 is 0 Å². The van der Waals surface area contributed by atoms with E-state index in [1.807, 2.05) is 18.2 Å². The average Bonchev–Trinajstić information content (AvgIpc) is 2.51. The first-order valence-electron chi connectivity index (χ1n) is 6.77. The van der Waals surface area contributed by atoms with Crippen molar-refractivity contribution in [3.8, 4) is 5.75 Å². The Bertz CT molecular complexity index is 653. The minimum absolute atomic E-state index is 0.107. The Morgan fingerprint density at radius 1 is 1.05 bits per heavy atom. The third-order valence-corrected chi connectivity index (χ3v) is 3.67. The first-order valence-corrected chi connectivity index (χ1v) is 6.77. The lowest BCUT2D eigenvalue weighted by atomic mass is 9.80. The smallest absolute Gasteiger partial charge is 0.310 e. The maximum Gasteiger partial charge on any atom is 0.310 e. The second-order valence-electron chi connectivity index (χ2n) is 5.15. The number of halogens is 2. The van der Waals surface area contributed by atoms with Gasteiger partial charge in [-0.2, -0.15) is 8.78 Å². The molecule has 0 heterocycles. The Hall–Kier alpha value is -2.23. The molecule has 0 spiro atoms. The first kappa shape index (κ1) is 13.7. The van der Waals surface area contributed by atoms with E-state index in [1.54, 1.807) is 30.3 Å². The summed E-state index contributed by atoms with van der Waals surface area (Å²) in [7, 11) is 0. The molecule has 0 saturated carbocycles. The Morgan fingerprint density at radius 3 is 2.48 bits per heavy atom. The maximum atomic E-state index is 13.8. The highest BCUT2D eigenvalue weighted by molar-refractivity contribution is 6.03. The Kier molecular flexibility index (Phi) is 3.45. The molecule has 3 rings (SSSR count). The van der Waals surface area contributed by atoms with E-state index in [-0.39, 0.29) is 12.2 Å². The maximum absolute atomic E-state index is 13.8. The predicted molar refractivity (Wildman–Crippen MR) is 75.0 cm³/mol. The van der Waals surface area contributed by atoms with E-state index < -0.39 is 24.0 Å². The third-order valence-electron chi connectivity index (χ3n) is 3.67. The largest absolute Gasteiger partial charge is 0.493 e. The summed E-state index contributed by atoms with van der Waals surface area (Å²) in [5, 5.41) is 0. The van der Waals surface area contributed by atoms with E-state index in [4.69, 9.17) is 4.74 Å². The minimum atomic E-state index is -3.32. The zero-order valence-corrected chi connectivity index (χ0v) is 11.3. The number of Topliss-reactive ketones (excluding diaryl/α,β-unsaturated/α-hetero) is 1. The lowest BCUT2D eigenvalue weighted by molar-refractivity contribution is -0.00666. The zero-order valence-electron chi connectivity index (χ0n) is 11.3. The summed E-state index contributed by atoms with van der Waals surface area (Å²) in [4.78, 5) is 11.8. The standard InChI is InChI=1S/C17H14F2O2/c18-17(19)10-12(11-21-13-6-2-1-3-7-13)14-8-4-5-9-15(14)16(17)20/h1-9,12H,10-11H2. The number of carbonyl (C=O) groups is 1. The molecule has 1 aliphatic rings. The second kappa shape index (κ2) is 5.28. The number of benzene rings is 2. The monoisotopic (exact) mass is 288 g/mol. The zero-order chi connectivity index (χ0) is 14.9. The quantitative estimate of drug-likeness (QED) is 0.851. The number of para-hydroxylation sites is 1. The minimum Gasteiger partial charge on any atom is -0.493 e. The number of rotatable bonds is 3. The van der Waals surface area contributed by atoms with Crippen LogP contribution in [0.2, 0.25) is 0 Å². The summed E-state index contributed by atoms with van der Waals surface area (Å²) in [5.41, 5.74) is 0.750. The van der Waals surface area contributed by atoms with Crippen LogP contribution in [-0.2, 0) is 0 Å². The summed E-state index contributed by atoms with van der Waals surface area (Å²) < 4.78 is 33.3. The molecule has 0 saturated heterocycles. The van der Waals surface area contributed by atoms with Gasteiger partial charge in [0.2, 0.25) is 5.78 Å². The molecule has 108 valence electrons. The van der Waals surface area contributed by atoms with Crippen LogP contribution < -0.4 is 4.74 Å². The van der Waals surface area contributed by atoms with Gasteiger partial charge in [0.1, 0.15) is 5.75 Å². The molecular weight excluding hydrogens is 274 g/mol. The van der Waals surface area contributed by atoms with Gasteiger partial charge in [-0.15, -0.1) is 0 Å². The van der Waals surface area contributed by atoms with Crippen LogP contribution in [-0.4, -0.2) is 18.3 Å². The van der Waals surface area contributed by atoms with Gasteiger partial charge in [0.25, 0.3) is 0 Å². The van der Waals surface area contributed by atoms with Crippen molar-refractivity contribution >= 4 is 5.78 Å². The van der Waals surface area contributed by atoms with Gasteiger partial charge in [-0.25, -0.2) is 0 Å². The number of hydrogen-bond donors (Lipinski definition) is 0. The van der Waals surface area contributed by atoms with Crippen molar-refractivity contribution in [3.63, 3.8) is 0 Å². The summed E-state index contributed by atoms with van der Waals surface area (Å²) >= 11 is 0. The van der Waals surface area contributed by atoms with Crippen LogP contribution in [0.4, 0.5) is 8.78 Å². The van der Waals surface area contributed by atoms with Crippen LogP contribution in [0.15, 0.2) is 54.6 Å². The highest BCUT2D eigenvalue weighted by Crippen LogP contribution is 2.40. The fourth-order valence-electron chi connectivity index (χ4n) is 2.63. The van der Waals surface area contributed by atoms with Gasteiger partial charge in [0.05, 0.1) is 6.61 Å². The number of fused-ring (bicyclic) bond motifs is 1. The molecular formula is C17H14F2O2. The van der Waals surface area contributed by atoms with Gasteiger partial charge in [-0.3, -0.25) is 4.79 Å². The Balaban J connectivity index is 1.85. The predicted octanol–water partition coefficient (Wildman–Crippen LogP) is 4.07. The van der Waals surface area contributed by atoms with Gasteiger partial charge in [-0.05, 0) is 17.7 Å². The summed E-state index contributed by atoms with van der Waals surface area (Å²) in [6.45, 7) is 0.129. The molecule has 2 nitrogen and oxygen atoms in total. The van der Waals surface area contributed by atoms with Crippen LogP contribution in [0, 0.1) is 0 Å². The lowest BCUT2D eigenvalue weighted by Crippen LogP contribution is -2.37. The van der Waals surface area contributed by atoms with Crippen molar-refractivity contribution in [2.45, 2.75) is 18.3 Å². The van der Waals surface area contributed by atoms with Crippen LogP contribution in [0.1, 0.15) is 28.3 Å². The molecule has 1 atom stereocenters. The SMILES string of the molecule is O=C1c2ccccc2C(COc2ccccc2)CC1(F)F. The molecule has 1 aliphatic carbocycles. The van der Waals surface area contributed by atoms with Crippen LogP contribution in [0.5, 0.6) is 5.75 Å². The normalized spacial score (nSPS) is 19.9. The summed E-state index contributed by atoms with van der Waals surface area (Å²) in [6, 6.07) is 15.6. The number of ether oxygens (including phenoxy) is 1. The molecule has 4 heteroatoms. The van der Waals surface area contributed by atoms with E-state index in [9.17, 15) is 13.6 Å². The molecule has 0 aliphatic heterocycles. The van der Waals surface area contributed by atoms with E-state index in [0.29, 0.717) is 11.3 Å². The molecule has 0 radical (unpaired) electrons. The fourth-order valence-corrected chi connectivity index (χ4v) is 2.63. The first-order chi connectivity index (χ1) is 10.1. The molecule has 1 unspecified atom stereocenters. The van der Waals surface area contributed by atoms with Crippen LogP contribution in [0.3, 0.4) is 0 Å². The van der Waals surface area contributed by atoms with Gasteiger partial charge < -0.3 is 4.74 Å². The Labute approximate surface area is 121 Å². The molecule has 2 aromatic rings. The highest BCUT2D eigenvalue weighted by atomic mass is 19.3. The number of hydrogen-bond acceptors (Lipinski definition) is 2. The molecule has 0 bridgehead atoms. The number of alkyl halides is 2. The molecule has 0 fully saturated rings. The van der Waals surface area contributed by atoms with E-state index in [2.05, 4.69) is 0 Å². The molecule has 0 N–H and O–H groups in total. The number of carbonyl (C=O) groups excluding carboxylic acids is 1. The van der Waals surface area contributed by atoms with Gasteiger partial charge in [0.15, 0.2) is 0 Å². The fraction of sp³-hybridized carbons (Fsp3) is 0.235. The van der Waals surface area contributed by atoms with Gasteiger partial charge >= 0.3 is 5.92 Å². The van der Waals surface area contributed by atoms with Crippen molar-refractivity contribution in [2.75, 3.05) is 6.61 Å². The van der Waals surface area contributed by atoms with Crippen molar-refractivity contribution in [3.05, 3.63) is 65.7 Å². The number of ketones is 1. The van der Waals surface area contributed by atoms with Crippen molar-refractivity contribution in [1.29, 1.82) is 0 Å². The molecule has 2 aromatic carbocycles. The topological polar surface area (TPSA) is 26.3 Å². The second-order valence-corrected chi connectivity index (χ2v) is 5.15. The summed E-state index contributed by atoms with van der Waals surface area (Å²) in [5.74, 6) is -4.27. The highest BCUT2D eigenvalue weighted by Gasteiger charge is 2.47.